The zero-order valence-electron chi connectivity index (χ0n) is 24.8. The summed E-state index contributed by atoms with van der Waals surface area (Å²) in [5.74, 6) is -0.768. The number of fused-ring (bicyclic) bond motifs is 1. The largest absolute Gasteiger partial charge is 0.497 e. The molecular weight excluding hydrogens is 540 g/mol. The maximum atomic E-state index is 13.4. The van der Waals surface area contributed by atoms with Gasteiger partial charge in [0.1, 0.15) is 17.8 Å². The first-order valence-electron chi connectivity index (χ1n) is 14.2. The van der Waals surface area contributed by atoms with Gasteiger partial charge in [0.05, 0.1) is 12.0 Å². The van der Waals surface area contributed by atoms with E-state index >= 15 is 0 Å². The number of non-ortho nitro benzene ring substituents is 1. The minimum absolute atomic E-state index is 0.0295. The number of hydrogen-bond donors (Lipinski definition) is 3. The highest BCUT2D eigenvalue weighted by Crippen LogP contribution is 2.37. The van der Waals surface area contributed by atoms with Crippen molar-refractivity contribution >= 4 is 29.2 Å². The van der Waals surface area contributed by atoms with Crippen LogP contribution in [0.5, 0.6) is 5.75 Å². The van der Waals surface area contributed by atoms with Gasteiger partial charge < -0.3 is 20.7 Å². The zero-order valence-corrected chi connectivity index (χ0v) is 24.8. The quantitative estimate of drug-likeness (QED) is 0.225. The minimum Gasteiger partial charge on any atom is -0.497 e. The van der Waals surface area contributed by atoms with Crippen molar-refractivity contribution in [2.45, 2.75) is 77.9 Å². The summed E-state index contributed by atoms with van der Waals surface area (Å²) in [5.41, 5.74) is 1.98. The lowest BCUT2D eigenvalue weighted by Gasteiger charge is -2.25. The van der Waals surface area contributed by atoms with E-state index in [0.29, 0.717) is 29.7 Å². The molecule has 0 aliphatic heterocycles. The second-order valence-corrected chi connectivity index (χ2v) is 11.6. The molecular formula is C31H40N4O7. The molecule has 0 fully saturated rings. The zero-order chi connectivity index (χ0) is 31.0. The van der Waals surface area contributed by atoms with Crippen molar-refractivity contribution in [3.63, 3.8) is 0 Å². The van der Waals surface area contributed by atoms with Crippen molar-refractivity contribution in [3.05, 3.63) is 69.3 Å². The molecule has 0 saturated carbocycles. The second-order valence-electron chi connectivity index (χ2n) is 11.6. The number of nitrogens with one attached hydrogen (secondary N) is 3. The third-order valence-electron chi connectivity index (χ3n) is 7.18. The van der Waals surface area contributed by atoms with Gasteiger partial charge >= 0.3 is 0 Å². The Bertz CT molecular complexity index is 1310. The summed E-state index contributed by atoms with van der Waals surface area (Å²) in [6, 6.07) is 9.37. The Labute approximate surface area is 245 Å². The molecule has 42 heavy (non-hydrogen) atoms. The van der Waals surface area contributed by atoms with Crippen LogP contribution < -0.4 is 20.7 Å². The van der Waals surface area contributed by atoms with Gasteiger partial charge in [0, 0.05) is 43.0 Å². The molecule has 3 N–H and O–H groups in total. The van der Waals surface area contributed by atoms with Gasteiger partial charge in [-0.15, -0.1) is 0 Å². The Morgan fingerprint density at radius 3 is 2.14 bits per heavy atom. The number of nitro benzene ring substituents is 1. The lowest BCUT2D eigenvalue weighted by molar-refractivity contribution is -0.384. The standard InChI is InChI=1S/C31H40N4O7/c1-18(2)12-26(30(38)32-17-20-6-8-22(9-7-20)35(40)41)34-31(39)27(13-19(3)4)33-29(37)15-21-14-28(36)24-11-10-23(42-5)16-25(21)24/h6-11,16,18-19,21,26-27H,12-15,17H2,1-5H3,(H,32,38)(H,33,37)(H,34,39)/t21?,26-,27+/m1/s1. The highest BCUT2D eigenvalue weighted by atomic mass is 16.6. The molecule has 0 aromatic heterocycles. The third kappa shape index (κ3) is 8.86. The van der Waals surface area contributed by atoms with Crippen LogP contribution in [-0.4, -0.2) is 47.6 Å². The van der Waals surface area contributed by atoms with E-state index in [9.17, 15) is 29.3 Å². The first kappa shape index (κ1) is 32.2. The van der Waals surface area contributed by atoms with Crippen LogP contribution in [0.3, 0.4) is 0 Å². The van der Waals surface area contributed by atoms with Crippen molar-refractivity contribution in [2.24, 2.45) is 11.8 Å². The Morgan fingerprint density at radius 1 is 0.952 bits per heavy atom. The summed E-state index contributed by atoms with van der Waals surface area (Å²) in [6.45, 7) is 7.89. The van der Waals surface area contributed by atoms with Crippen molar-refractivity contribution in [1.29, 1.82) is 0 Å². The van der Waals surface area contributed by atoms with Gasteiger partial charge in [-0.05, 0) is 54.0 Å². The SMILES string of the molecule is COc1ccc2c(c1)C(CC(=O)N[C@@H](CC(C)C)C(=O)N[C@H](CC(C)C)C(=O)NCc1ccc([N+](=O)[O-])cc1)CC2=O. The predicted octanol–water partition coefficient (Wildman–Crippen LogP) is 4.04. The van der Waals surface area contributed by atoms with Gasteiger partial charge in [-0.1, -0.05) is 39.8 Å². The maximum absolute atomic E-state index is 13.4. The number of nitrogens with zero attached hydrogens (tertiary/aromatic N) is 1. The molecule has 11 nitrogen and oxygen atoms in total. The number of ketones is 1. The van der Waals surface area contributed by atoms with Gasteiger partial charge in [0.25, 0.3) is 5.69 Å². The van der Waals surface area contributed by atoms with Crippen LogP contribution in [0.25, 0.3) is 0 Å². The average Bonchev–Trinajstić information content (AvgIpc) is 3.24. The van der Waals surface area contributed by atoms with Crippen LogP contribution in [0.2, 0.25) is 0 Å². The molecule has 3 amide bonds. The lowest BCUT2D eigenvalue weighted by Crippen LogP contribution is -2.54. The number of Topliss-reactive ketones (excluding diaryl/α,β-unsaturated/α-hetero) is 1. The molecule has 1 aliphatic carbocycles. The number of nitro groups is 1. The van der Waals surface area contributed by atoms with E-state index in [-0.39, 0.29) is 60.4 Å². The van der Waals surface area contributed by atoms with Crippen molar-refractivity contribution in [1.82, 2.24) is 16.0 Å². The molecule has 2 aromatic carbocycles. The van der Waals surface area contributed by atoms with E-state index in [1.165, 1.54) is 19.2 Å². The molecule has 0 saturated heterocycles. The number of hydrogen-bond acceptors (Lipinski definition) is 7. The molecule has 3 atom stereocenters. The summed E-state index contributed by atoms with van der Waals surface area (Å²) in [5, 5.41) is 19.3. The number of amides is 3. The van der Waals surface area contributed by atoms with Crippen molar-refractivity contribution in [3.8, 4) is 5.75 Å². The number of carbonyl (C=O) groups is 4. The lowest BCUT2D eigenvalue weighted by atomic mass is 9.96. The number of rotatable bonds is 14. The Kier molecular flexibility index (Phi) is 11.2. The maximum Gasteiger partial charge on any atom is 0.269 e. The van der Waals surface area contributed by atoms with Crippen LogP contribution in [0.15, 0.2) is 42.5 Å². The first-order chi connectivity index (χ1) is 19.9. The van der Waals surface area contributed by atoms with Gasteiger partial charge in [-0.2, -0.15) is 0 Å². The number of methoxy groups -OCH3 is 1. The fourth-order valence-electron chi connectivity index (χ4n) is 5.09. The Morgan fingerprint density at radius 2 is 1.57 bits per heavy atom. The molecule has 11 heteroatoms. The Balaban J connectivity index is 1.66. The fourth-order valence-corrected chi connectivity index (χ4v) is 5.09. The van der Waals surface area contributed by atoms with Crippen LogP contribution in [-0.2, 0) is 20.9 Å². The van der Waals surface area contributed by atoms with E-state index in [4.69, 9.17) is 4.74 Å². The van der Waals surface area contributed by atoms with Crippen LogP contribution in [0.4, 0.5) is 5.69 Å². The molecule has 0 bridgehead atoms. The van der Waals surface area contributed by atoms with Gasteiger partial charge in [0.2, 0.25) is 17.7 Å². The van der Waals surface area contributed by atoms with E-state index in [1.54, 1.807) is 30.3 Å². The number of ether oxygens (including phenoxy) is 1. The summed E-state index contributed by atoms with van der Waals surface area (Å²) in [7, 11) is 1.54. The van der Waals surface area contributed by atoms with Crippen molar-refractivity contribution < 1.29 is 28.8 Å². The first-order valence-corrected chi connectivity index (χ1v) is 14.2. The van der Waals surface area contributed by atoms with Crippen LogP contribution in [0, 0.1) is 22.0 Å². The van der Waals surface area contributed by atoms with Gasteiger partial charge in [-0.3, -0.25) is 29.3 Å². The minimum atomic E-state index is -0.864. The molecule has 2 aromatic rings. The highest BCUT2D eigenvalue weighted by molar-refractivity contribution is 6.02. The average molecular weight is 581 g/mol. The van der Waals surface area contributed by atoms with Crippen molar-refractivity contribution in [2.75, 3.05) is 7.11 Å². The predicted molar refractivity (Wildman–Crippen MR) is 157 cm³/mol. The molecule has 0 heterocycles. The Hall–Kier alpha value is -4.28. The van der Waals surface area contributed by atoms with E-state index in [1.807, 2.05) is 27.7 Å². The van der Waals surface area contributed by atoms with E-state index < -0.39 is 22.9 Å². The van der Waals surface area contributed by atoms with E-state index in [0.717, 1.165) is 5.56 Å². The van der Waals surface area contributed by atoms with Gasteiger partial charge in [-0.25, -0.2) is 0 Å². The summed E-state index contributed by atoms with van der Waals surface area (Å²) in [6.07, 6.45) is 0.995. The highest BCUT2D eigenvalue weighted by Gasteiger charge is 2.33. The molecule has 0 radical (unpaired) electrons. The fraction of sp³-hybridized carbons (Fsp3) is 0.484. The second kappa shape index (κ2) is 14.6. The topological polar surface area (TPSA) is 157 Å². The number of benzene rings is 2. The van der Waals surface area contributed by atoms with Crippen LogP contribution >= 0.6 is 0 Å². The smallest absolute Gasteiger partial charge is 0.269 e. The molecule has 1 unspecified atom stereocenters. The van der Waals surface area contributed by atoms with Gasteiger partial charge in [0.15, 0.2) is 5.78 Å². The summed E-state index contributed by atoms with van der Waals surface area (Å²) in [4.78, 5) is 62.5. The van der Waals surface area contributed by atoms with E-state index in [2.05, 4.69) is 16.0 Å². The summed E-state index contributed by atoms with van der Waals surface area (Å²) >= 11 is 0. The number of carbonyl (C=O) groups excluding carboxylic acids is 4. The third-order valence-corrected chi connectivity index (χ3v) is 7.18. The molecule has 1 aliphatic rings. The normalized spacial score (nSPS) is 15.6. The monoisotopic (exact) mass is 580 g/mol. The van der Waals surface area contributed by atoms with Crippen LogP contribution in [0.1, 0.15) is 80.8 Å². The molecule has 3 rings (SSSR count). The molecule has 0 spiro atoms. The molecule has 226 valence electrons. The summed E-state index contributed by atoms with van der Waals surface area (Å²) < 4.78 is 5.29.